The number of carboxylic acid groups (broad SMARTS) is 1. The van der Waals surface area contributed by atoms with Crippen molar-refractivity contribution in [2.45, 2.75) is 39.2 Å². The molecular weight excluding hydrogens is 278 g/mol. The normalized spacial score (nSPS) is 25.6. The van der Waals surface area contributed by atoms with Crippen molar-refractivity contribution < 1.29 is 24.2 Å². The van der Waals surface area contributed by atoms with Gasteiger partial charge in [-0.05, 0) is 33.6 Å². The average Bonchev–Trinajstić information content (AvgIpc) is 2.65. The molecule has 2 N–H and O–H groups in total. The molecule has 0 aromatic heterocycles. The van der Waals surface area contributed by atoms with Crippen LogP contribution in [0.15, 0.2) is 5.10 Å². The standard InChI is InChI=1S/C13H19N3O5/c1-12(2,3)21-11(20)16-6-4-5-13(7-16)8(9(17)18)14-15-10(13)19/h4-7H2,1-3H3,(H,15,19)(H,17,18)/t13-/m1/s1. The van der Waals surface area contributed by atoms with Crippen LogP contribution in [0.5, 0.6) is 0 Å². The van der Waals surface area contributed by atoms with Gasteiger partial charge in [-0.2, -0.15) is 5.10 Å². The molecule has 0 unspecified atom stereocenters. The summed E-state index contributed by atoms with van der Waals surface area (Å²) in [6.07, 6.45) is 0.313. The average molecular weight is 297 g/mol. The van der Waals surface area contributed by atoms with Crippen LogP contribution in [0, 0.1) is 5.41 Å². The third-order valence-electron chi connectivity index (χ3n) is 3.50. The number of nitrogens with zero attached hydrogens (tertiary/aromatic N) is 2. The minimum Gasteiger partial charge on any atom is -0.477 e. The van der Waals surface area contributed by atoms with E-state index in [9.17, 15) is 19.5 Å². The van der Waals surface area contributed by atoms with Gasteiger partial charge in [0.25, 0.3) is 5.91 Å². The zero-order valence-electron chi connectivity index (χ0n) is 12.3. The SMILES string of the molecule is CC(C)(C)OC(=O)N1CCC[C@]2(C1)C(=O)NN=C2C(=O)O. The second kappa shape index (κ2) is 5.01. The van der Waals surface area contributed by atoms with Gasteiger partial charge in [-0.25, -0.2) is 15.0 Å². The van der Waals surface area contributed by atoms with E-state index in [0.717, 1.165) is 0 Å². The topological polar surface area (TPSA) is 108 Å². The Morgan fingerprint density at radius 3 is 2.67 bits per heavy atom. The van der Waals surface area contributed by atoms with Gasteiger partial charge in [0, 0.05) is 13.1 Å². The predicted octanol–water partition coefficient (Wildman–Crippen LogP) is 0.574. The van der Waals surface area contributed by atoms with E-state index in [1.165, 1.54) is 4.90 Å². The van der Waals surface area contributed by atoms with E-state index < -0.39 is 29.0 Å². The summed E-state index contributed by atoms with van der Waals surface area (Å²) in [7, 11) is 0. The van der Waals surface area contributed by atoms with Gasteiger partial charge in [0.05, 0.1) is 0 Å². The molecule has 0 radical (unpaired) electrons. The molecule has 2 rings (SSSR count). The van der Waals surface area contributed by atoms with Crippen LogP contribution in [0.25, 0.3) is 0 Å². The Kier molecular flexibility index (Phi) is 3.65. The van der Waals surface area contributed by atoms with Gasteiger partial charge in [-0.3, -0.25) is 4.79 Å². The molecule has 2 aliphatic rings. The Morgan fingerprint density at radius 2 is 2.10 bits per heavy atom. The largest absolute Gasteiger partial charge is 0.477 e. The van der Waals surface area contributed by atoms with Crippen LogP contribution in [0.4, 0.5) is 4.79 Å². The van der Waals surface area contributed by atoms with Crippen molar-refractivity contribution in [3.63, 3.8) is 0 Å². The maximum Gasteiger partial charge on any atom is 0.410 e. The van der Waals surface area contributed by atoms with Gasteiger partial charge in [0.2, 0.25) is 0 Å². The summed E-state index contributed by atoms with van der Waals surface area (Å²) in [5, 5.41) is 12.8. The Balaban J connectivity index is 2.20. The molecule has 1 fully saturated rings. The monoisotopic (exact) mass is 297 g/mol. The van der Waals surface area contributed by atoms with Crippen molar-refractivity contribution in [3.8, 4) is 0 Å². The van der Waals surface area contributed by atoms with Crippen LogP contribution in [0.1, 0.15) is 33.6 Å². The lowest BCUT2D eigenvalue weighted by Crippen LogP contribution is -2.55. The fourth-order valence-electron chi connectivity index (χ4n) is 2.60. The molecule has 1 saturated heterocycles. The highest BCUT2D eigenvalue weighted by molar-refractivity contribution is 6.43. The van der Waals surface area contributed by atoms with Gasteiger partial charge >= 0.3 is 12.1 Å². The molecule has 0 aliphatic carbocycles. The highest BCUT2D eigenvalue weighted by atomic mass is 16.6. The number of hydrogen-bond acceptors (Lipinski definition) is 5. The molecular formula is C13H19N3O5. The van der Waals surface area contributed by atoms with Crippen LogP contribution in [0.3, 0.4) is 0 Å². The van der Waals surface area contributed by atoms with Crippen molar-refractivity contribution >= 4 is 23.7 Å². The van der Waals surface area contributed by atoms with Crippen LogP contribution in [0.2, 0.25) is 0 Å². The molecule has 21 heavy (non-hydrogen) atoms. The van der Waals surface area contributed by atoms with E-state index in [1.54, 1.807) is 20.8 Å². The minimum absolute atomic E-state index is 0.0289. The lowest BCUT2D eigenvalue weighted by Gasteiger charge is -2.38. The third kappa shape index (κ3) is 2.84. The Morgan fingerprint density at radius 1 is 1.43 bits per heavy atom. The highest BCUT2D eigenvalue weighted by Crippen LogP contribution is 2.35. The first-order valence-corrected chi connectivity index (χ1v) is 6.75. The van der Waals surface area contributed by atoms with E-state index >= 15 is 0 Å². The van der Waals surface area contributed by atoms with Crippen molar-refractivity contribution in [2.24, 2.45) is 10.5 Å². The van der Waals surface area contributed by atoms with Gasteiger partial charge in [0.1, 0.15) is 11.0 Å². The second-order valence-electron chi connectivity index (χ2n) is 6.29. The van der Waals surface area contributed by atoms with Crippen molar-refractivity contribution in [2.75, 3.05) is 13.1 Å². The molecule has 8 heteroatoms. The van der Waals surface area contributed by atoms with Gasteiger partial charge in [0.15, 0.2) is 5.71 Å². The first-order valence-electron chi connectivity index (χ1n) is 6.75. The van der Waals surface area contributed by atoms with Crippen molar-refractivity contribution in [1.29, 1.82) is 0 Å². The Bertz CT molecular complexity index is 522. The summed E-state index contributed by atoms with van der Waals surface area (Å²) >= 11 is 0. The molecule has 2 amide bonds. The number of piperidine rings is 1. The number of rotatable bonds is 1. The predicted molar refractivity (Wildman–Crippen MR) is 72.7 cm³/mol. The van der Waals surface area contributed by atoms with Crippen LogP contribution < -0.4 is 5.43 Å². The quantitative estimate of drug-likeness (QED) is 0.735. The zero-order valence-corrected chi connectivity index (χ0v) is 12.3. The Labute approximate surface area is 122 Å². The van der Waals surface area contributed by atoms with E-state index in [1.807, 2.05) is 0 Å². The van der Waals surface area contributed by atoms with Crippen molar-refractivity contribution in [1.82, 2.24) is 10.3 Å². The summed E-state index contributed by atoms with van der Waals surface area (Å²) in [5.41, 5.74) is 0.0470. The van der Waals surface area contributed by atoms with Crippen molar-refractivity contribution in [3.05, 3.63) is 0 Å². The maximum absolute atomic E-state index is 12.1. The number of carbonyl (C=O) groups excluding carboxylic acids is 2. The number of aliphatic carboxylic acids is 1. The lowest BCUT2D eigenvalue weighted by atomic mass is 9.75. The first-order chi connectivity index (χ1) is 9.66. The molecule has 0 bridgehead atoms. The number of hydrogen-bond donors (Lipinski definition) is 2. The molecule has 1 spiro atoms. The lowest BCUT2D eigenvalue weighted by molar-refractivity contribution is -0.133. The van der Waals surface area contributed by atoms with E-state index in [4.69, 9.17) is 4.74 Å². The molecule has 116 valence electrons. The van der Waals surface area contributed by atoms with Gasteiger partial charge in [-0.15, -0.1) is 0 Å². The van der Waals surface area contributed by atoms with E-state index in [2.05, 4.69) is 10.5 Å². The van der Waals surface area contributed by atoms with Crippen LogP contribution in [-0.2, 0) is 14.3 Å². The summed E-state index contributed by atoms with van der Waals surface area (Å²) in [6.45, 7) is 5.64. The smallest absolute Gasteiger partial charge is 0.410 e. The number of likely N-dealkylation sites (tertiary alicyclic amines) is 1. The van der Waals surface area contributed by atoms with E-state index in [0.29, 0.717) is 19.4 Å². The summed E-state index contributed by atoms with van der Waals surface area (Å²) in [6, 6.07) is 0. The molecule has 0 aromatic rings. The zero-order chi connectivity index (χ0) is 15.8. The van der Waals surface area contributed by atoms with Crippen LogP contribution >= 0.6 is 0 Å². The number of amides is 2. The molecule has 2 heterocycles. The summed E-state index contributed by atoms with van der Waals surface area (Å²) in [4.78, 5) is 36.8. The fourth-order valence-corrected chi connectivity index (χ4v) is 2.60. The Hall–Kier alpha value is -2.12. The highest BCUT2D eigenvalue weighted by Gasteiger charge is 2.54. The van der Waals surface area contributed by atoms with Gasteiger partial charge < -0.3 is 14.7 Å². The number of hydrazone groups is 1. The number of carbonyl (C=O) groups is 3. The molecule has 8 nitrogen and oxygen atoms in total. The maximum atomic E-state index is 12.1. The fraction of sp³-hybridized carbons (Fsp3) is 0.692. The molecule has 1 atom stereocenters. The summed E-state index contributed by atoms with van der Waals surface area (Å²) < 4.78 is 5.28. The van der Waals surface area contributed by atoms with Gasteiger partial charge in [-0.1, -0.05) is 0 Å². The molecule has 0 aromatic carbocycles. The van der Waals surface area contributed by atoms with E-state index in [-0.39, 0.29) is 12.3 Å². The number of carboxylic acids is 1. The molecule has 0 saturated carbocycles. The third-order valence-corrected chi connectivity index (χ3v) is 3.50. The first kappa shape index (κ1) is 15.3. The molecule has 2 aliphatic heterocycles. The second-order valence-corrected chi connectivity index (χ2v) is 6.29. The summed E-state index contributed by atoms with van der Waals surface area (Å²) in [5.74, 6) is -1.73. The van der Waals surface area contributed by atoms with Crippen LogP contribution in [-0.4, -0.2) is 52.4 Å². The number of nitrogens with one attached hydrogen (secondary N) is 1. The minimum atomic E-state index is -1.28. The number of ether oxygens (including phenoxy) is 1.